The van der Waals surface area contributed by atoms with Crippen molar-refractivity contribution in [1.29, 1.82) is 0 Å². The van der Waals surface area contributed by atoms with Gasteiger partial charge in [0.05, 0.1) is 5.92 Å². The Kier molecular flexibility index (Phi) is 3.25. The molecule has 0 aromatic rings. The van der Waals surface area contributed by atoms with Crippen molar-refractivity contribution in [3.8, 4) is 0 Å². The molecule has 2 rings (SSSR count). The number of carboxylic acid groups (broad SMARTS) is 1. The third-order valence-corrected chi connectivity index (χ3v) is 3.83. The van der Waals surface area contributed by atoms with Crippen molar-refractivity contribution >= 4 is 12.1 Å². The number of rotatable bonds is 1. The topological polar surface area (TPSA) is 66.8 Å². The molecule has 1 N–H and O–H groups in total. The summed E-state index contributed by atoms with van der Waals surface area (Å²) < 4.78 is 5.32. The summed E-state index contributed by atoms with van der Waals surface area (Å²) in [7, 11) is 0. The van der Waals surface area contributed by atoms with E-state index in [1.54, 1.807) is 4.90 Å². The lowest BCUT2D eigenvalue weighted by Crippen LogP contribution is -2.36. The fourth-order valence-corrected chi connectivity index (χ4v) is 3.05. The molecule has 3 atom stereocenters. The quantitative estimate of drug-likeness (QED) is 0.777. The maximum absolute atomic E-state index is 11.9. The van der Waals surface area contributed by atoms with Crippen LogP contribution in [0.1, 0.15) is 33.6 Å². The van der Waals surface area contributed by atoms with Gasteiger partial charge in [0.15, 0.2) is 0 Å². The third kappa shape index (κ3) is 2.60. The first-order valence-electron chi connectivity index (χ1n) is 6.48. The molecule has 0 aromatic heterocycles. The van der Waals surface area contributed by atoms with E-state index >= 15 is 0 Å². The first-order valence-corrected chi connectivity index (χ1v) is 6.48. The molecule has 18 heavy (non-hydrogen) atoms. The van der Waals surface area contributed by atoms with Gasteiger partial charge in [-0.3, -0.25) is 4.79 Å². The maximum atomic E-state index is 11.9. The highest BCUT2D eigenvalue weighted by atomic mass is 16.6. The predicted octanol–water partition coefficient (Wildman–Crippen LogP) is 1.96. The molecule has 2 fully saturated rings. The van der Waals surface area contributed by atoms with Crippen LogP contribution in [0.3, 0.4) is 0 Å². The van der Waals surface area contributed by atoms with E-state index in [1.807, 2.05) is 20.8 Å². The van der Waals surface area contributed by atoms with Crippen LogP contribution in [0, 0.1) is 17.8 Å². The average molecular weight is 255 g/mol. The Bertz CT molecular complexity index is 360. The third-order valence-electron chi connectivity index (χ3n) is 3.83. The molecule has 0 bridgehead atoms. The van der Waals surface area contributed by atoms with Gasteiger partial charge in [-0.25, -0.2) is 4.79 Å². The molecule has 0 aromatic carbocycles. The number of ether oxygens (including phenoxy) is 1. The van der Waals surface area contributed by atoms with Gasteiger partial charge >= 0.3 is 12.1 Å². The van der Waals surface area contributed by atoms with E-state index in [1.165, 1.54) is 0 Å². The summed E-state index contributed by atoms with van der Waals surface area (Å²) in [6, 6.07) is 0. The molecule has 1 amide bonds. The zero-order valence-corrected chi connectivity index (χ0v) is 11.2. The van der Waals surface area contributed by atoms with Crippen molar-refractivity contribution in [1.82, 2.24) is 4.90 Å². The Labute approximate surface area is 107 Å². The zero-order valence-electron chi connectivity index (χ0n) is 11.2. The number of aliphatic carboxylic acids is 1. The number of amides is 1. The van der Waals surface area contributed by atoms with Crippen LogP contribution in [-0.4, -0.2) is 40.8 Å². The van der Waals surface area contributed by atoms with Crippen molar-refractivity contribution < 1.29 is 19.4 Å². The van der Waals surface area contributed by atoms with E-state index in [-0.39, 0.29) is 17.9 Å². The molecule has 1 saturated heterocycles. The molecule has 1 aliphatic heterocycles. The monoisotopic (exact) mass is 255 g/mol. The summed E-state index contributed by atoms with van der Waals surface area (Å²) in [5.41, 5.74) is -0.499. The highest BCUT2D eigenvalue weighted by Crippen LogP contribution is 2.42. The average Bonchev–Trinajstić information content (AvgIpc) is 2.70. The molecule has 0 unspecified atom stereocenters. The van der Waals surface area contributed by atoms with Gasteiger partial charge in [-0.1, -0.05) is 0 Å². The summed E-state index contributed by atoms with van der Waals surface area (Å²) in [5, 5.41) is 9.14. The lowest BCUT2D eigenvalue weighted by atomic mass is 9.93. The summed E-state index contributed by atoms with van der Waals surface area (Å²) in [5.74, 6) is -0.579. The first kappa shape index (κ1) is 13.2. The van der Waals surface area contributed by atoms with Crippen LogP contribution >= 0.6 is 0 Å². The lowest BCUT2D eigenvalue weighted by molar-refractivity contribution is -0.143. The number of hydrogen-bond donors (Lipinski definition) is 1. The van der Waals surface area contributed by atoms with Gasteiger partial charge in [-0.05, 0) is 45.4 Å². The van der Waals surface area contributed by atoms with Crippen LogP contribution < -0.4 is 0 Å². The fourth-order valence-electron chi connectivity index (χ4n) is 3.05. The highest BCUT2D eigenvalue weighted by molar-refractivity contribution is 5.72. The summed E-state index contributed by atoms with van der Waals surface area (Å²) in [6.07, 6.45) is 1.33. The second kappa shape index (κ2) is 4.44. The van der Waals surface area contributed by atoms with Gasteiger partial charge in [0, 0.05) is 13.1 Å². The molecule has 0 radical (unpaired) electrons. The minimum Gasteiger partial charge on any atom is -0.481 e. The van der Waals surface area contributed by atoms with Gasteiger partial charge in [0.1, 0.15) is 5.60 Å². The number of carbonyl (C=O) groups excluding carboxylic acids is 1. The van der Waals surface area contributed by atoms with E-state index < -0.39 is 11.6 Å². The van der Waals surface area contributed by atoms with Crippen LogP contribution in [-0.2, 0) is 9.53 Å². The number of carbonyl (C=O) groups is 2. The fraction of sp³-hybridized carbons (Fsp3) is 0.846. The van der Waals surface area contributed by atoms with Crippen LogP contribution in [0.4, 0.5) is 4.79 Å². The Morgan fingerprint density at radius 2 is 1.89 bits per heavy atom. The van der Waals surface area contributed by atoms with Crippen molar-refractivity contribution in [2.24, 2.45) is 17.8 Å². The van der Waals surface area contributed by atoms with Crippen molar-refractivity contribution in [3.63, 3.8) is 0 Å². The first-order chi connectivity index (χ1) is 8.28. The normalized spacial score (nSPS) is 31.3. The van der Waals surface area contributed by atoms with Gasteiger partial charge in [-0.15, -0.1) is 0 Å². The predicted molar refractivity (Wildman–Crippen MR) is 65.1 cm³/mol. The number of fused-ring (bicyclic) bond motifs is 1. The zero-order chi connectivity index (χ0) is 13.5. The van der Waals surface area contributed by atoms with E-state index in [0.717, 1.165) is 12.8 Å². The molecule has 102 valence electrons. The van der Waals surface area contributed by atoms with E-state index in [9.17, 15) is 9.59 Å². The molecule has 1 heterocycles. The number of likely N-dealkylation sites (tertiary alicyclic amines) is 1. The van der Waals surface area contributed by atoms with Crippen LogP contribution in [0.15, 0.2) is 0 Å². The van der Waals surface area contributed by atoms with Crippen molar-refractivity contribution in [3.05, 3.63) is 0 Å². The van der Waals surface area contributed by atoms with Gasteiger partial charge in [-0.2, -0.15) is 0 Å². The highest BCUT2D eigenvalue weighted by Gasteiger charge is 2.47. The largest absolute Gasteiger partial charge is 0.481 e. The lowest BCUT2D eigenvalue weighted by Gasteiger charge is -2.25. The van der Waals surface area contributed by atoms with Crippen LogP contribution in [0.2, 0.25) is 0 Å². The Hall–Kier alpha value is -1.26. The summed E-state index contributed by atoms with van der Waals surface area (Å²) >= 11 is 0. The van der Waals surface area contributed by atoms with Crippen LogP contribution in [0.5, 0.6) is 0 Å². The minimum absolute atomic E-state index is 0.106. The molecule has 5 nitrogen and oxygen atoms in total. The smallest absolute Gasteiger partial charge is 0.410 e. The molecular formula is C13H21NO4. The van der Waals surface area contributed by atoms with Crippen LogP contribution in [0.25, 0.3) is 0 Å². The van der Waals surface area contributed by atoms with Gasteiger partial charge in [0.2, 0.25) is 0 Å². The molecule has 5 heteroatoms. The number of hydrogen-bond acceptors (Lipinski definition) is 3. The standard InChI is InChI=1S/C13H21NO4/c1-13(2,3)18-12(17)14-6-8-4-5-9(11(15)16)10(8)7-14/h8-10H,4-7H2,1-3H3,(H,15,16)/t8-,9-,10+/m1/s1. The Morgan fingerprint density at radius 3 is 2.44 bits per heavy atom. The molecular weight excluding hydrogens is 234 g/mol. The van der Waals surface area contributed by atoms with E-state index in [0.29, 0.717) is 19.0 Å². The van der Waals surface area contributed by atoms with Gasteiger partial charge < -0.3 is 14.7 Å². The SMILES string of the molecule is CC(C)(C)OC(=O)N1C[C@H]2CC[C@@H](C(=O)O)[C@H]2C1. The number of carboxylic acids is 1. The molecule has 1 aliphatic carbocycles. The second-order valence-electron chi connectivity index (χ2n) is 6.33. The van der Waals surface area contributed by atoms with E-state index in [4.69, 9.17) is 9.84 Å². The number of nitrogens with zero attached hydrogens (tertiary/aromatic N) is 1. The maximum Gasteiger partial charge on any atom is 0.410 e. The Morgan fingerprint density at radius 1 is 1.22 bits per heavy atom. The van der Waals surface area contributed by atoms with E-state index in [2.05, 4.69) is 0 Å². The minimum atomic E-state index is -0.728. The van der Waals surface area contributed by atoms with Crippen molar-refractivity contribution in [2.45, 2.75) is 39.2 Å². The van der Waals surface area contributed by atoms with Crippen molar-refractivity contribution in [2.75, 3.05) is 13.1 Å². The molecule has 2 aliphatic rings. The Balaban J connectivity index is 1.97. The summed E-state index contributed by atoms with van der Waals surface area (Å²) in [4.78, 5) is 24.7. The molecule has 0 spiro atoms. The second-order valence-corrected chi connectivity index (χ2v) is 6.33. The molecule has 1 saturated carbocycles. The summed E-state index contributed by atoms with van der Waals surface area (Å²) in [6.45, 7) is 6.67. The van der Waals surface area contributed by atoms with Gasteiger partial charge in [0.25, 0.3) is 0 Å².